The van der Waals surface area contributed by atoms with Crippen LogP contribution in [-0.2, 0) is 21.3 Å². The van der Waals surface area contributed by atoms with Gasteiger partial charge in [0.25, 0.3) is 0 Å². The number of rotatable bonds is 7. The number of nitrogens with one attached hydrogen (secondary N) is 1. The van der Waals surface area contributed by atoms with Crippen molar-refractivity contribution in [2.75, 3.05) is 13.2 Å². The highest BCUT2D eigenvalue weighted by Crippen LogP contribution is 2.20. The van der Waals surface area contributed by atoms with Crippen molar-refractivity contribution in [2.24, 2.45) is 5.73 Å². The Morgan fingerprint density at radius 1 is 1.47 bits per heavy atom. The molecule has 0 aromatic carbocycles. The summed E-state index contributed by atoms with van der Waals surface area (Å²) in [5.41, 5.74) is 5.44. The molecule has 0 bridgehead atoms. The molecule has 1 aromatic rings. The molecule has 0 spiro atoms. The van der Waals surface area contributed by atoms with Gasteiger partial charge in [-0.2, -0.15) is 0 Å². The molecule has 17 heavy (non-hydrogen) atoms. The molecule has 3 N–H and O–H groups in total. The largest absolute Gasteiger partial charge is 0.377 e. The summed E-state index contributed by atoms with van der Waals surface area (Å²) in [7, 11) is -3.41. The van der Waals surface area contributed by atoms with Crippen LogP contribution in [0.15, 0.2) is 16.3 Å². The van der Waals surface area contributed by atoms with Crippen LogP contribution in [0.25, 0.3) is 0 Å². The summed E-state index contributed by atoms with van der Waals surface area (Å²) in [6.45, 7) is 4.81. The Kier molecular flexibility index (Phi) is 5.54. The maximum Gasteiger partial charge on any atom is 0.250 e. The van der Waals surface area contributed by atoms with Crippen LogP contribution in [0, 0.1) is 0 Å². The highest BCUT2D eigenvalue weighted by Gasteiger charge is 2.15. The van der Waals surface area contributed by atoms with Gasteiger partial charge >= 0.3 is 0 Å². The van der Waals surface area contributed by atoms with Crippen molar-refractivity contribution < 1.29 is 13.2 Å². The second-order valence-corrected chi connectivity index (χ2v) is 6.90. The van der Waals surface area contributed by atoms with Crippen molar-refractivity contribution in [3.63, 3.8) is 0 Å². The summed E-state index contributed by atoms with van der Waals surface area (Å²) in [5.74, 6) is 0. The first-order valence-electron chi connectivity index (χ1n) is 5.35. The Morgan fingerprint density at radius 2 is 2.18 bits per heavy atom. The Hall–Kier alpha value is -0.470. The smallest absolute Gasteiger partial charge is 0.250 e. The lowest BCUT2D eigenvalue weighted by Crippen LogP contribution is -2.27. The maximum atomic E-state index is 11.8. The minimum absolute atomic E-state index is 0.102. The molecule has 0 saturated heterocycles. The Balaban J connectivity index is 2.51. The van der Waals surface area contributed by atoms with Crippen LogP contribution >= 0.6 is 11.3 Å². The number of ether oxygens (including phenoxy) is 1. The molecular formula is C10H18N2O3S2. The zero-order valence-electron chi connectivity index (χ0n) is 9.97. The molecule has 1 heterocycles. The lowest BCUT2D eigenvalue weighted by atomic mass is 10.5. The molecule has 0 aliphatic carbocycles. The van der Waals surface area contributed by atoms with E-state index in [0.29, 0.717) is 17.4 Å². The van der Waals surface area contributed by atoms with Crippen LogP contribution in [0.4, 0.5) is 0 Å². The van der Waals surface area contributed by atoms with E-state index in [1.807, 2.05) is 13.8 Å². The number of nitrogens with two attached hydrogens (primary N) is 1. The van der Waals surface area contributed by atoms with Crippen LogP contribution in [0.5, 0.6) is 0 Å². The molecule has 1 aromatic heterocycles. The second-order valence-electron chi connectivity index (χ2n) is 3.74. The first kappa shape index (κ1) is 14.6. The monoisotopic (exact) mass is 278 g/mol. The average molecular weight is 278 g/mol. The third-order valence-electron chi connectivity index (χ3n) is 1.95. The highest BCUT2D eigenvalue weighted by atomic mass is 32.2. The minimum Gasteiger partial charge on any atom is -0.377 e. The molecule has 1 rings (SSSR count). The van der Waals surface area contributed by atoms with Gasteiger partial charge < -0.3 is 10.5 Å². The lowest BCUT2D eigenvalue weighted by molar-refractivity contribution is 0.0834. The van der Waals surface area contributed by atoms with E-state index in [1.165, 1.54) is 11.3 Å². The van der Waals surface area contributed by atoms with E-state index in [2.05, 4.69) is 4.72 Å². The number of hydrogen-bond acceptors (Lipinski definition) is 5. The van der Waals surface area contributed by atoms with Gasteiger partial charge in [0.15, 0.2) is 0 Å². The van der Waals surface area contributed by atoms with Crippen molar-refractivity contribution in [1.82, 2.24) is 4.72 Å². The Morgan fingerprint density at radius 3 is 2.71 bits per heavy atom. The van der Waals surface area contributed by atoms with Crippen LogP contribution < -0.4 is 10.5 Å². The molecule has 0 amide bonds. The van der Waals surface area contributed by atoms with E-state index >= 15 is 0 Å². The SMILES string of the molecule is CC(C)OCCNS(=O)(=O)c1ccc(CN)s1. The van der Waals surface area contributed by atoms with Crippen molar-refractivity contribution in [3.05, 3.63) is 17.0 Å². The van der Waals surface area contributed by atoms with Crippen LogP contribution in [0.3, 0.4) is 0 Å². The van der Waals surface area contributed by atoms with E-state index in [-0.39, 0.29) is 12.6 Å². The number of hydrogen-bond donors (Lipinski definition) is 2. The topological polar surface area (TPSA) is 81.4 Å². The maximum absolute atomic E-state index is 11.8. The summed E-state index contributed by atoms with van der Waals surface area (Å²) in [6, 6.07) is 3.29. The third-order valence-corrected chi connectivity index (χ3v) is 5.01. The molecule has 0 aliphatic rings. The van der Waals surface area contributed by atoms with Crippen molar-refractivity contribution in [3.8, 4) is 0 Å². The molecule has 0 fully saturated rings. The van der Waals surface area contributed by atoms with Crippen molar-refractivity contribution >= 4 is 21.4 Å². The number of thiophene rings is 1. The van der Waals surface area contributed by atoms with E-state index in [0.717, 1.165) is 4.88 Å². The van der Waals surface area contributed by atoms with Gasteiger partial charge in [0.1, 0.15) is 4.21 Å². The summed E-state index contributed by atoms with van der Waals surface area (Å²) >= 11 is 1.19. The third kappa shape index (κ3) is 4.72. The van der Waals surface area contributed by atoms with E-state index in [4.69, 9.17) is 10.5 Å². The fraction of sp³-hybridized carbons (Fsp3) is 0.600. The summed E-state index contributed by atoms with van der Waals surface area (Å²) in [5, 5.41) is 0. The molecule has 0 radical (unpaired) electrons. The van der Waals surface area contributed by atoms with Gasteiger partial charge in [-0.1, -0.05) is 0 Å². The normalized spacial score (nSPS) is 12.2. The van der Waals surface area contributed by atoms with Gasteiger partial charge in [-0.15, -0.1) is 11.3 Å². The van der Waals surface area contributed by atoms with Crippen LogP contribution in [0.2, 0.25) is 0 Å². The summed E-state index contributed by atoms with van der Waals surface area (Å²) in [6.07, 6.45) is 0.102. The minimum atomic E-state index is -3.41. The lowest BCUT2D eigenvalue weighted by Gasteiger charge is -2.08. The highest BCUT2D eigenvalue weighted by molar-refractivity contribution is 7.91. The zero-order chi connectivity index (χ0) is 12.9. The van der Waals surface area contributed by atoms with Crippen LogP contribution in [-0.4, -0.2) is 27.7 Å². The second kappa shape index (κ2) is 6.46. The molecule has 98 valence electrons. The quantitative estimate of drug-likeness (QED) is 0.726. The van der Waals surface area contributed by atoms with E-state index in [1.54, 1.807) is 12.1 Å². The molecular weight excluding hydrogens is 260 g/mol. The molecule has 7 heteroatoms. The van der Waals surface area contributed by atoms with Gasteiger partial charge in [0.05, 0.1) is 12.7 Å². The fourth-order valence-electron chi connectivity index (χ4n) is 1.15. The fourth-order valence-corrected chi connectivity index (χ4v) is 3.45. The molecule has 0 atom stereocenters. The van der Waals surface area contributed by atoms with E-state index < -0.39 is 10.0 Å². The molecule has 5 nitrogen and oxygen atoms in total. The standard InChI is InChI=1S/C10H18N2O3S2/c1-8(2)15-6-5-12-17(13,14)10-4-3-9(7-11)16-10/h3-4,8,12H,5-7,11H2,1-2H3. The Bertz CT molecular complexity index is 440. The van der Waals surface area contributed by atoms with Gasteiger partial charge in [-0.25, -0.2) is 13.1 Å². The Labute approximate surface area is 106 Å². The van der Waals surface area contributed by atoms with Gasteiger partial charge in [-0.05, 0) is 26.0 Å². The molecule has 0 aliphatic heterocycles. The first-order chi connectivity index (χ1) is 7.95. The van der Waals surface area contributed by atoms with Crippen molar-refractivity contribution in [2.45, 2.75) is 30.7 Å². The van der Waals surface area contributed by atoms with Crippen LogP contribution in [0.1, 0.15) is 18.7 Å². The van der Waals surface area contributed by atoms with Gasteiger partial charge in [0.2, 0.25) is 10.0 Å². The summed E-state index contributed by atoms with van der Waals surface area (Å²) in [4.78, 5) is 0.851. The van der Waals surface area contributed by atoms with Crippen molar-refractivity contribution in [1.29, 1.82) is 0 Å². The molecule has 0 saturated carbocycles. The average Bonchev–Trinajstić information content (AvgIpc) is 2.73. The molecule has 0 unspecified atom stereocenters. The van der Waals surface area contributed by atoms with E-state index in [9.17, 15) is 8.42 Å². The predicted octanol–water partition coefficient (Wildman–Crippen LogP) is 0.910. The first-order valence-corrected chi connectivity index (χ1v) is 7.65. The number of sulfonamides is 1. The van der Waals surface area contributed by atoms with Gasteiger partial charge in [0, 0.05) is 18.0 Å². The predicted molar refractivity (Wildman–Crippen MR) is 68.5 cm³/mol. The zero-order valence-corrected chi connectivity index (χ0v) is 11.6. The summed E-state index contributed by atoms with van der Waals surface area (Å²) < 4.78 is 31.7. The van der Waals surface area contributed by atoms with Gasteiger partial charge in [-0.3, -0.25) is 0 Å².